The van der Waals surface area contributed by atoms with E-state index in [1.807, 2.05) is 73.3 Å². The number of ether oxygens (including phenoxy) is 3. The van der Waals surface area contributed by atoms with Crippen molar-refractivity contribution in [3.63, 3.8) is 0 Å². The van der Waals surface area contributed by atoms with E-state index in [9.17, 15) is 53.9 Å². The van der Waals surface area contributed by atoms with E-state index in [4.69, 9.17) is 14.2 Å². The van der Waals surface area contributed by atoms with Crippen molar-refractivity contribution in [1.29, 1.82) is 0 Å². The summed E-state index contributed by atoms with van der Waals surface area (Å²) < 4.78 is 188. The van der Waals surface area contributed by atoms with Crippen molar-refractivity contribution in [3.8, 4) is 39.3 Å². The first-order valence-electron chi connectivity index (χ1n) is 41.3. The smallest absolute Gasteiger partial charge is 0.417 e. The van der Waals surface area contributed by atoms with E-state index < -0.39 is 87.1 Å². The Bertz CT molecular complexity index is 5270. The summed E-state index contributed by atoms with van der Waals surface area (Å²) in [5, 5.41) is 15.6. The molecule has 1 aliphatic carbocycles. The number of hydrogen-bond acceptors (Lipinski definition) is 22. The number of amides is 3. The first-order valence-corrected chi connectivity index (χ1v) is 41.3. The number of hydrogen-bond donors (Lipinski definition) is 6. The van der Waals surface area contributed by atoms with E-state index >= 15 is 13.2 Å². The molecule has 11 heterocycles. The molecule has 3 aromatic carbocycles. The summed E-state index contributed by atoms with van der Waals surface area (Å²) in [7, 11) is 5.97. The second-order valence-electron chi connectivity index (χ2n) is 33.0. The van der Waals surface area contributed by atoms with Gasteiger partial charge in [0.25, 0.3) is 17.7 Å². The van der Waals surface area contributed by atoms with Crippen LogP contribution in [0.25, 0.3) is 33.4 Å². The topological polar surface area (TPSA) is 241 Å². The van der Waals surface area contributed by atoms with Gasteiger partial charge >= 0.3 is 18.5 Å². The minimum Gasteiger partial charge on any atom is -0.477 e. The van der Waals surface area contributed by atoms with Crippen LogP contribution in [0.15, 0.2) is 187 Å². The van der Waals surface area contributed by atoms with Crippen LogP contribution in [0.3, 0.4) is 0 Å². The number of pyridine rings is 1. The predicted molar refractivity (Wildman–Crippen MR) is 459 cm³/mol. The summed E-state index contributed by atoms with van der Waals surface area (Å²) in [6.07, 6.45) is 0.731. The summed E-state index contributed by atoms with van der Waals surface area (Å²) in [4.78, 5) is 78.3. The highest BCUT2D eigenvalue weighted by atomic mass is 19.4. The van der Waals surface area contributed by atoms with Crippen LogP contribution in [0.5, 0.6) is 5.88 Å². The van der Waals surface area contributed by atoms with E-state index in [1.165, 1.54) is 67.4 Å². The number of aromatic nitrogens is 5. The Labute approximate surface area is 722 Å². The summed E-state index contributed by atoms with van der Waals surface area (Å²) in [5.41, 5.74) is -1.96. The average molecular weight is 1760 g/mol. The zero-order valence-electron chi connectivity index (χ0n) is 71.2. The number of nitrogens with zero attached hydrogens (tertiary/aromatic N) is 13. The minimum atomic E-state index is -4.79. The molecule has 0 unspecified atom stereocenters. The normalized spacial score (nSPS) is 21.2. The number of carbonyl (C=O) groups is 3. The first-order chi connectivity index (χ1) is 59.7. The zero-order chi connectivity index (χ0) is 90.5. The number of halogens is 12. The van der Waals surface area contributed by atoms with E-state index in [1.54, 1.807) is 12.1 Å². The van der Waals surface area contributed by atoms with Gasteiger partial charge < -0.3 is 80.4 Å². The van der Waals surface area contributed by atoms with Crippen LogP contribution < -0.4 is 61.1 Å². The molecule has 1 saturated carbocycles. The summed E-state index contributed by atoms with van der Waals surface area (Å²) in [6, 6.07) is 12.0. The molecule has 6 fully saturated rings. The van der Waals surface area contributed by atoms with E-state index in [-0.39, 0.29) is 81.1 Å². The van der Waals surface area contributed by atoms with Crippen LogP contribution in [0.2, 0.25) is 0 Å². The number of nitrogens with one attached hydrogen (secondary N) is 6. The Morgan fingerprint density at radius 3 is 1.22 bits per heavy atom. The number of benzene rings is 3. The van der Waals surface area contributed by atoms with Crippen LogP contribution in [-0.4, -0.2) is 232 Å². The van der Waals surface area contributed by atoms with Crippen LogP contribution in [0.4, 0.5) is 98.7 Å². The molecule has 3 amide bonds. The molecule has 37 heteroatoms. The van der Waals surface area contributed by atoms with Gasteiger partial charge in [-0.2, -0.15) is 39.5 Å². The van der Waals surface area contributed by atoms with Gasteiger partial charge in [-0.3, -0.25) is 19.3 Å². The van der Waals surface area contributed by atoms with Gasteiger partial charge in [-0.15, -0.1) is 0 Å². The Morgan fingerprint density at radius 2 is 0.849 bits per heavy atom. The lowest BCUT2D eigenvalue weighted by atomic mass is 10.0. The monoisotopic (exact) mass is 1760 g/mol. The fourth-order valence-corrected chi connectivity index (χ4v) is 15.4. The average Bonchev–Trinajstić information content (AvgIpc) is 1.18. The third kappa shape index (κ3) is 22.0. The third-order valence-corrected chi connectivity index (χ3v) is 23.5. The molecule has 0 spiro atoms. The largest absolute Gasteiger partial charge is 0.477 e. The maximum absolute atomic E-state index is 15.8. The molecule has 126 heavy (non-hydrogen) atoms. The third-order valence-electron chi connectivity index (χ3n) is 23.5. The molecule has 0 radical (unpaired) electrons. The highest BCUT2D eigenvalue weighted by molar-refractivity contribution is 6.11. The Kier molecular flexibility index (Phi) is 28.1. The van der Waals surface area contributed by atoms with Crippen LogP contribution in [0.1, 0.15) is 54.4 Å². The predicted octanol–water partition coefficient (Wildman–Crippen LogP) is 14.0. The number of dihydropyridines is 3. The Balaban J connectivity index is 0.000000162. The highest BCUT2D eigenvalue weighted by Crippen LogP contribution is 2.44. The fraction of sp³-hybridized carbons (Fsp3) is 0.416. The van der Waals surface area contributed by atoms with E-state index in [0.717, 1.165) is 49.7 Å². The lowest BCUT2D eigenvalue weighted by Crippen LogP contribution is -2.55. The highest BCUT2D eigenvalue weighted by Gasteiger charge is 2.44. The summed E-state index contributed by atoms with van der Waals surface area (Å²) in [6.45, 7) is 32.2. The maximum atomic E-state index is 15.8. The van der Waals surface area contributed by atoms with Crippen molar-refractivity contribution >= 4 is 63.7 Å². The van der Waals surface area contributed by atoms with Gasteiger partial charge in [0.05, 0.1) is 100 Å². The van der Waals surface area contributed by atoms with Gasteiger partial charge in [0.15, 0.2) is 0 Å². The molecule has 5 saturated heterocycles. The molecule has 25 nitrogen and oxygen atoms in total. The van der Waals surface area contributed by atoms with Gasteiger partial charge in [0.2, 0.25) is 17.8 Å². The first kappa shape index (κ1) is 91.9. The van der Waals surface area contributed by atoms with Crippen molar-refractivity contribution in [2.24, 2.45) is 11.8 Å². The molecule has 6 N–H and O–H groups in total. The van der Waals surface area contributed by atoms with Gasteiger partial charge in [0, 0.05) is 209 Å². The molecule has 15 rings (SSSR count). The molecular weight excluding hydrogens is 1660 g/mol. The molecule has 0 bridgehead atoms. The fourth-order valence-electron chi connectivity index (χ4n) is 15.4. The summed E-state index contributed by atoms with van der Waals surface area (Å²) >= 11 is 0. The Hall–Kier alpha value is -11.8. The zero-order valence-corrected chi connectivity index (χ0v) is 71.2. The van der Waals surface area contributed by atoms with Crippen molar-refractivity contribution in [3.05, 3.63) is 204 Å². The number of piperazine rings is 3. The lowest BCUT2D eigenvalue weighted by molar-refractivity contribution is -0.115. The SMILES string of the molecule is C=C1C=C(C(F)(F)F)C(C(=O)Nc2cc(-c3ccc(OCC4CC4)nc3)c(F)cc2N2CCN(C)[C@@H](C)C2)=CN1.C=C1C=C(C(F)(F)F)C(C(=O)Nc2cc(-c3cnc(N4CCOCC4)nc3)c(F)cc2N2C[C@@H](C)N(C)[C@@H](C)C2)=CN1.C=C1C=C(C(F)(F)F)C(C(=O)Nc2cc(-c3cnc(N4CCO[C@@H](C(C)C)C4)nc3)c(F)cc2N2CCN(C)[C@@H](C)C2)=CN1. The molecule has 8 aliphatic heterocycles. The van der Waals surface area contributed by atoms with Crippen molar-refractivity contribution in [1.82, 2.24) is 55.6 Å². The maximum Gasteiger partial charge on any atom is 0.417 e. The molecule has 672 valence electrons. The van der Waals surface area contributed by atoms with E-state index in [2.05, 4.69) is 105 Å². The molecule has 9 aliphatic rings. The number of allylic oxidation sites excluding steroid dienone is 3. The molecule has 3 aromatic heterocycles. The Morgan fingerprint density at radius 1 is 0.476 bits per heavy atom. The lowest BCUT2D eigenvalue weighted by Gasteiger charge is -2.44. The molecular formula is C89H101F12N19O6. The number of carbonyl (C=O) groups excluding carboxylic acids is 3. The number of anilines is 8. The number of morpholine rings is 2. The van der Waals surface area contributed by atoms with Gasteiger partial charge in [0.1, 0.15) is 17.5 Å². The molecule has 5 atom stereocenters. The summed E-state index contributed by atoms with van der Waals surface area (Å²) in [5.74, 6) is -2.38. The second-order valence-corrected chi connectivity index (χ2v) is 33.0. The quantitative estimate of drug-likeness (QED) is 0.0438. The second kappa shape index (κ2) is 38.6. The van der Waals surface area contributed by atoms with Gasteiger partial charge in [-0.1, -0.05) is 33.6 Å². The standard InChI is InChI=1S/C31H37F4N7O2.C29H33F4N7O2.C29H31F4N5O2/c1-18(2)28-17-42(8-9-44-28)30-37-13-21(14-38-30)22-11-26(27(12-25(22)32)41-7-6-40(5)20(4)16-41)39-29(43)23-15-36-19(3)10-24(23)31(33,34)35;1-17-9-23(29(31,32)33)22(14-34-17)27(41)37-25-10-21(20-12-35-28(36-13-20)39-5-7-42-8-6-39)24(30)11-26(25)40-15-18(2)38(4)19(3)16-40;1-17-10-23(29(31,32)33)22(14-34-17)28(39)36-25-11-21(20-6-7-27(35-13-20)40-16-19-4-5-19)24(30)12-26(25)38-9-8-37(3)18(2)15-38/h10-15,18,20,28,36H,3,6-9,16-17H2,1-2,4-5H3,(H,39,43);9-14,18-19,34H,1,5-8,15-16H2,2-4H3,(H,37,41);6-7,10-14,18-19,34H,1,4-5,8-9,15-16H2,2-3H3,(H,36,39)/t20-,28+;18-,19+;18-/m0.0/s1. The minimum absolute atomic E-state index is 0.00423. The van der Waals surface area contributed by atoms with Gasteiger partial charge in [-0.25, -0.2) is 38.1 Å². The number of alkyl halides is 9. The van der Waals surface area contributed by atoms with Crippen molar-refractivity contribution < 1.29 is 81.3 Å². The van der Waals surface area contributed by atoms with Crippen LogP contribution >= 0.6 is 0 Å². The van der Waals surface area contributed by atoms with Crippen LogP contribution in [0, 0.1) is 29.3 Å². The van der Waals surface area contributed by atoms with Crippen molar-refractivity contribution in [2.75, 3.05) is 167 Å². The van der Waals surface area contributed by atoms with E-state index in [0.29, 0.717) is 168 Å². The van der Waals surface area contributed by atoms with Crippen molar-refractivity contribution in [2.45, 2.75) is 103 Å². The van der Waals surface area contributed by atoms with Crippen LogP contribution in [-0.2, 0) is 23.9 Å². The number of rotatable bonds is 18. The number of likely N-dealkylation sites (N-methyl/N-ethyl adjacent to an activating group) is 3. The molecule has 6 aromatic rings. The van der Waals surface area contributed by atoms with Gasteiger partial charge in [-0.05, 0) is 134 Å².